The lowest BCUT2D eigenvalue weighted by Crippen LogP contribution is -2.29. The number of amides is 1. The van der Waals surface area contributed by atoms with Gasteiger partial charge in [-0.1, -0.05) is 11.8 Å². The maximum atomic E-state index is 11.4. The van der Waals surface area contributed by atoms with E-state index in [4.69, 9.17) is 11.6 Å². The summed E-state index contributed by atoms with van der Waals surface area (Å²) in [6, 6.07) is 1.84. The van der Waals surface area contributed by atoms with Crippen molar-refractivity contribution in [3.05, 3.63) is 21.4 Å². The number of anilines is 1. The molecule has 0 unspecified atom stereocenters. The Morgan fingerprint density at radius 3 is 2.89 bits per heavy atom. The lowest BCUT2D eigenvalue weighted by atomic mass is 10.3. The zero-order valence-corrected chi connectivity index (χ0v) is 12.1. The number of hydrazine groups is 1. The van der Waals surface area contributed by atoms with Gasteiger partial charge in [0.25, 0.3) is 5.91 Å². The largest absolute Gasteiger partial charge is 0.368 e. The van der Waals surface area contributed by atoms with E-state index in [-0.39, 0.29) is 5.91 Å². The molecule has 1 amide bonds. The molecule has 2 aromatic heterocycles. The molecular formula is C10H14N6OS2. The standard InChI is InChI=1S/C10H14N6OS2/c1-5-6(3-7(19-5)8(17)13-12)4-18-10-15-14-9(11)16(10)2/h3H,4,12H2,1-2H3,(H2,11,14)(H,13,17). The number of carbonyl (C=O) groups excluding carboxylic acids is 1. The van der Waals surface area contributed by atoms with Crippen molar-refractivity contribution in [1.82, 2.24) is 20.2 Å². The van der Waals surface area contributed by atoms with Crippen LogP contribution in [0.2, 0.25) is 0 Å². The van der Waals surface area contributed by atoms with E-state index < -0.39 is 0 Å². The van der Waals surface area contributed by atoms with E-state index in [1.54, 1.807) is 4.57 Å². The van der Waals surface area contributed by atoms with Crippen molar-refractivity contribution in [2.45, 2.75) is 17.8 Å². The summed E-state index contributed by atoms with van der Waals surface area (Å²) in [5, 5.41) is 8.51. The van der Waals surface area contributed by atoms with Gasteiger partial charge in [-0.2, -0.15) is 0 Å². The van der Waals surface area contributed by atoms with Crippen LogP contribution in [0, 0.1) is 6.92 Å². The van der Waals surface area contributed by atoms with Crippen molar-refractivity contribution in [1.29, 1.82) is 0 Å². The lowest BCUT2D eigenvalue weighted by Gasteiger charge is -2.00. The molecular weight excluding hydrogens is 284 g/mol. The van der Waals surface area contributed by atoms with Crippen molar-refractivity contribution in [2.75, 3.05) is 5.73 Å². The minimum atomic E-state index is -0.271. The quantitative estimate of drug-likeness (QED) is 0.331. The third-order valence-corrected chi connectivity index (χ3v) is 4.76. The SMILES string of the molecule is Cc1sc(C(=O)NN)cc1CSc1nnc(N)n1C. The molecule has 19 heavy (non-hydrogen) atoms. The fraction of sp³-hybridized carbons (Fsp3) is 0.300. The molecule has 0 spiro atoms. The van der Waals surface area contributed by atoms with Crippen molar-refractivity contribution < 1.29 is 4.79 Å². The second-order valence-electron chi connectivity index (χ2n) is 3.85. The van der Waals surface area contributed by atoms with Gasteiger partial charge in [0.15, 0.2) is 5.16 Å². The molecule has 5 N–H and O–H groups in total. The number of rotatable bonds is 4. The minimum absolute atomic E-state index is 0.271. The van der Waals surface area contributed by atoms with Crippen LogP contribution in [0.5, 0.6) is 0 Å². The number of nitrogens with one attached hydrogen (secondary N) is 1. The van der Waals surface area contributed by atoms with Gasteiger partial charge in [0, 0.05) is 17.7 Å². The molecule has 0 bridgehead atoms. The molecule has 0 aliphatic carbocycles. The van der Waals surface area contributed by atoms with Crippen LogP contribution in [0.1, 0.15) is 20.1 Å². The van der Waals surface area contributed by atoms with E-state index in [0.717, 1.165) is 15.6 Å². The number of hydrogen-bond acceptors (Lipinski definition) is 7. The monoisotopic (exact) mass is 298 g/mol. The fourth-order valence-corrected chi connectivity index (χ4v) is 3.45. The molecule has 0 fully saturated rings. The molecule has 0 atom stereocenters. The van der Waals surface area contributed by atoms with E-state index in [1.165, 1.54) is 23.1 Å². The number of hydrogen-bond donors (Lipinski definition) is 3. The predicted octanol–water partition coefficient (Wildman–Crippen LogP) is 0.663. The number of thiophene rings is 1. The Hall–Kier alpha value is -1.58. The first-order valence-corrected chi connectivity index (χ1v) is 7.21. The molecule has 9 heteroatoms. The molecule has 2 aromatic rings. The summed E-state index contributed by atoms with van der Waals surface area (Å²) in [6.07, 6.45) is 0. The normalized spacial score (nSPS) is 10.7. The summed E-state index contributed by atoms with van der Waals surface area (Å²) in [5.74, 6) is 5.93. The number of nitrogen functional groups attached to an aromatic ring is 2. The van der Waals surface area contributed by atoms with Gasteiger partial charge < -0.3 is 5.73 Å². The van der Waals surface area contributed by atoms with E-state index >= 15 is 0 Å². The first-order valence-electron chi connectivity index (χ1n) is 5.41. The van der Waals surface area contributed by atoms with Crippen LogP contribution in [-0.4, -0.2) is 20.7 Å². The van der Waals surface area contributed by atoms with Crippen molar-refractivity contribution in [2.24, 2.45) is 12.9 Å². The predicted molar refractivity (Wildman–Crippen MR) is 75.7 cm³/mol. The maximum Gasteiger partial charge on any atom is 0.275 e. The maximum absolute atomic E-state index is 11.4. The summed E-state index contributed by atoms with van der Waals surface area (Å²) in [4.78, 5) is 13.1. The molecule has 2 heterocycles. The highest BCUT2D eigenvalue weighted by atomic mass is 32.2. The molecule has 2 rings (SSSR count). The van der Waals surface area contributed by atoms with Gasteiger partial charge in [0.05, 0.1) is 4.88 Å². The summed E-state index contributed by atoms with van der Waals surface area (Å²) in [7, 11) is 1.81. The average Bonchev–Trinajstić information content (AvgIpc) is 2.92. The second kappa shape index (κ2) is 5.59. The van der Waals surface area contributed by atoms with E-state index in [2.05, 4.69) is 15.6 Å². The van der Waals surface area contributed by atoms with Crippen LogP contribution in [-0.2, 0) is 12.8 Å². The highest BCUT2D eigenvalue weighted by Gasteiger charge is 2.13. The van der Waals surface area contributed by atoms with E-state index in [1.807, 2.05) is 20.0 Å². The van der Waals surface area contributed by atoms with Gasteiger partial charge in [0.2, 0.25) is 5.95 Å². The van der Waals surface area contributed by atoms with Crippen LogP contribution in [0.25, 0.3) is 0 Å². The summed E-state index contributed by atoms with van der Waals surface area (Å²) in [5.41, 5.74) is 8.82. The number of aromatic nitrogens is 3. The first-order chi connectivity index (χ1) is 9.02. The zero-order valence-electron chi connectivity index (χ0n) is 10.5. The Morgan fingerprint density at radius 2 is 2.32 bits per heavy atom. The summed E-state index contributed by atoms with van der Waals surface area (Å²) in [6.45, 7) is 1.97. The van der Waals surface area contributed by atoms with Crippen LogP contribution < -0.4 is 17.0 Å². The van der Waals surface area contributed by atoms with E-state index in [0.29, 0.717) is 16.6 Å². The van der Waals surface area contributed by atoms with Gasteiger partial charge in [-0.25, -0.2) is 5.84 Å². The molecule has 7 nitrogen and oxygen atoms in total. The van der Waals surface area contributed by atoms with Crippen LogP contribution in [0.4, 0.5) is 5.95 Å². The van der Waals surface area contributed by atoms with Crippen molar-refractivity contribution >= 4 is 35.0 Å². The minimum Gasteiger partial charge on any atom is -0.368 e. The molecule has 0 aliphatic rings. The number of carbonyl (C=O) groups is 1. The van der Waals surface area contributed by atoms with Crippen LogP contribution in [0.3, 0.4) is 0 Å². The van der Waals surface area contributed by atoms with Gasteiger partial charge in [-0.3, -0.25) is 14.8 Å². The second-order valence-corrected chi connectivity index (χ2v) is 6.05. The van der Waals surface area contributed by atoms with Crippen molar-refractivity contribution in [3.8, 4) is 0 Å². The summed E-state index contributed by atoms with van der Waals surface area (Å²) < 4.78 is 1.72. The fourth-order valence-electron chi connectivity index (χ4n) is 1.44. The van der Waals surface area contributed by atoms with Gasteiger partial charge in [0.1, 0.15) is 0 Å². The lowest BCUT2D eigenvalue weighted by molar-refractivity contribution is 0.0957. The van der Waals surface area contributed by atoms with Gasteiger partial charge in [-0.15, -0.1) is 21.5 Å². The Bertz CT molecular complexity index is 605. The molecule has 0 aromatic carbocycles. The van der Waals surface area contributed by atoms with Gasteiger partial charge >= 0.3 is 0 Å². The third kappa shape index (κ3) is 2.88. The van der Waals surface area contributed by atoms with Crippen LogP contribution >= 0.6 is 23.1 Å². The molecule has 0 saturated heterocycles. The van der Waals surface area contributed by atoms with Crippen molar-refractivity contribution in [3.63, 3.8) is 0 Å². The molecule has 0 saturated carbocycles. The zero-order chi connectivity index (χ0) is 14.0. The topological polar surface area (TPSA) is 112 Å². The molecule has 0 aliphatic heterocycles. The number of nitrogens with zero attached hydrogens (tertiary/aromatic N) is 3. The average molecular weight is 298 g/mol. The number of thioether (sulfide) groups is 1. The Balaban J connectivity index is 2.09. The smallest absolute Gasteiger partial charge is 0.275 e. The van der Waals surface area contributed by atoms with Crippen LogP contribution in [0.15, 0.2) is 11.2 Å². The third-order valence-electron chi connectivity index (χ3n) is 2.60. The first kappa shape index (κ1) is 13.8. The molecule has 102 valence electrons. The van der Waals surface area contributed by atoms with E-state index in [9.17, 15) is 4.79 Å². The highest BCUT2D eigenvalue weighted by Crippen LogP contribution is 2.28. The molecule has 0 radical (unpaired) electrons. The van der Waals surface area contributed by atoms with Gasteiger partial charge in [-0.05, 0) is 18.6 Å². The summed E-state index contributed by atoms with van der Waals surface area (Å²) >= 11 is 2.94. The number of aryl methyl sites for hydroxylation is 1. The Kier molecular flexibility index (Phi) is 4.08. The Morgan fingerprint density at radius 1 is 1.58 bits per heavy atom. The highest BCUT2D eigenvalue weighted by molar-refractivity contribution is 7.98. The Labute approximate surface area is 118 Å². The number of nitrogens with two attached hydrogens (primary N) is 2.